The monoisotopic (exact) mass is 549 g/mol. The van der Waals surface area contributed by atoms with Crippen LogP contribution in [0.15, 0.2) is 53.5 Å². The summed E-state index contributed by atoms with van der Waals surface area (Å²) in [5, 5.41) is 18.2. The van der Waals surface area contributed by atoms with Crippen molar-refractivity contribution < 1.29 is 9.53 Å². The number of nitriles is 1. The maximum absolute atomic E-state index is 11.8. The first kappa shape index (κ1) is 27.2. The average molecular weight is 549 g/mol. The van der Waals surface area contributed by atoms with Crippen molar-refractivity contribution in [3.8, 4) is 6.07 Å². The topological polar surface area (TPSA) is 98.5 Å². The molecule has 2 aromatic carbocycles. The number of ether oxygens (including phenoxy) is 1. The third-order valence-corrected chi connectivity index (χ3v) is 4.15. The van der Waals surface area contributed by atoms with Crippen LogP contribution in [-0.2, 0) is 17.7 Å². The van der Waals surface area contributed by atoms with E-state index < -0.39 is 11.7 Å². The van der Waals surface area contributed by atoms with E-state index in [1.165, 1.54) is 0 Å². The lowest BCUT2D eigenvalue weighted by Crippen LogP contribution is -2.38. The zero-order chi connectivity index (χ0) is 22.7. The fourth-order valence-electron chi connectivity index (χ4n) is 2.70. The number of nitrogens with one attached hydrogen (secondary N) is 3. The normalized spacial score (nSPS) is 11.0. The lowest BCUT2D eigenvalue weighted by atomic mass is 10.1. The van der Waals surface area contributed by atoms with Crippen LogP contribution in [0.2, 0.25) is 0 Å². The van der Waals surface area contributed by atoms with E-state index in [9.17, 15) is 4.79 Å². The average Bonchev–Trinajstić information content (AvgIpc) is 2.72. The Labute approximate surface area is 207 Å². The van der Waals surface area contributed by atoms with E-state index >= 15 is 0 Å². The predicted molar refractivity (Wildman–Crippen MR) is 139 cm³/mol. The van der Waals surface area contributed by atoms with Gasteiger partial charge in [-0.2, -0.15) is 5.26 Å². The summed E-state index contributed by atoms with van der Waals surface area (Å²) >= 11 is 0. The number of carbonyl (C=O) groups excluding carboxylic acids is 1. The Kier molecular flexibility index (Phi) is 11.6. The Bertz CT molecular complexity index is 913. The second kappa shape index (κ2) is 13.6. The number of rotatable bonds is 7. The third-order valence-electron chi connectivity index (χ3n) is 4.15. The summed E-state index contributed by atoms with van der Waals surface area (Å²) in [7, 11) is 0. The molecule has 0 aliphatic heterocycles. The van der Waals surface area contributed by atoms with Crippen LogP contribution >= 0.6 is 24.0 Å². The highest BCUT2D eigenvalue weighted by molar-refractivity contribution is 14.0. The van der Waals surface area contributed by atoms with Crippen LogP contribution in [0, 0.1) is 11.3 Å². The molecule has 0 spiro atoms. The van der Waals surface area contributed by atoms with Crippen molar-refractivity contribution in [1.29, 1.82) is 5.26 Å². The first-order valence-electron chi connectivity index (χ1n) is 10.4. The van der Waals surface area contributed by atoms with Gasteiger partial charge in [0, 0.05) is 18.8 Å². The Hall–Kier alpha value is -2.80. The number of nitrogens with zero attached hydrogens (tertiary/aromatic N) is 2. The van der Waals surface area contributed by atoms with Crippen LogP contribution in [0.25, 0.3) is 0 Å². The number of anilines is 1. The molecule has 8 heteroatoms. The van der Waals surface area contributed by atoms with Gasteiger partial charge in [-0.15, -0.1) is 24.0 Å². The van der Waals surface area contributed by atoms with Crippen molar-refractivity contribution in [3.05, 3.63) is 65.2 Å². The Morgan fingerprint density at radius 3 is 2.22 bits per heavy atom. The summed E-state index contributed by atoms with van der Waals surface area (Å²) in [4.78, 5) is 16.4. The molecule has 2 rings (SSSR count). The third kappa shape index (κ3) is 10.5. The van der Waals surface area contributed by atoms with Gasteiger partial charge in [0.15, 0.2) is 5.96 Å². The fourth-order valence-corrected chi connectivity index (χ4v) is 2.70. The number of halogens is 1. The van der Waals surface area contributed by atoms with Gasteiger partial charge in [-0.25, -0.2) is 9.79 Å². The molecule has 0 aliphatic carbocycles. The van der Waals surface area contributed by atoms with Crippen molar-refractivity contribution in [3.63, 3.8) is 0 Å². The van der Waals surface area contributed by atoms with E-state index in [4.69, 9.17) is 10.00 Å². The molecule has 0 saturated carbocycles. The number of hydrogen-bond donors (Lipinski definition) is 3. The van der Waals surface area contributed by atoms with Crippen molar-refractivity contribution in [2.75, 3.05) is 18.4 Å². The molecule has 0 saturated heterocycles. The maximum Gasteiger partial charge on any atom is 0.412 e. The Morgan fingerprint density at radius 1 is 1.03 bits per heavy atom. The lowest BCUT2D eigenvalue weighted by molar-refractivity contribution is 0.0636. The van der Waals surface area contributed by atoms with E-state index in [2.05, 4.69) is 27.0 Å². The summed E-state index contributed by atoms with van der Waals surface area (Å²) in [6.07, 6.45) is 0.351. The molecule has 0 aromatic heterocycles. The molecular weight excluding hydrogens is 517 g/mol. The van der Waals surface area contributed by atoms with Gasteiger partial charge in [0.2, 0.25) is 0 Å². The quantitative estimate of drug-likeness (QED) is 0.261. The SMILES string of the molecule is CCNC(=NCc1ccc(C#N)cc1)NCCc1ccc(NC(=O)OC(C)(C)C)cc1.I. The molecule has 1 amide bonds. The van der Waals surface area contributed by atoms with Crippen LogP contribution in [0.1, 0.15) is 44.4 Å². The number of guanidine groups is 1. The van der Waals surface area contributed by atoms with Crippen molar-refractivity contribution in [2.45, 2.75) is 46.3 Å². The highest BCUT2D eigenvalue weighted by atomic mass is 127. The molecular formula is C24H32IN5O2. The molecule has 2 aromatic rings. The van der Waals surface area contributed by atoms with E-state index in [0.717, 1.165) is 36.6 Å². The zero-order valence-corrected chi connectivity index (χ0v) is 21.4. The minimum atomic E-state index is -0.526. The van der Waals surface area contributed by atoms with Crippen molar-refractivity contribution in [2.24, 2.45) is 4.99 Å². The van der Waals surface area contributed by atoms with Gasteiger partial charge in [-0.1, -0.05) is 24.3 Å². The summed E-state index contributed by atoms with van der Waals surface area (Å²) in [6.45, 7) is 9.54. The number of benzene rings is 2. The van der Waals surface area contributed by atoms with Gasteiger partial charge in [0.25, 0.3) is 0 Å². The molecule has 0 radical (unpaired) electrons. The van der Waals surface area contributed by atoms with Gasteiger partial charge in [0.1, 0.15) is 5.60 Å². The van der Waals surface area contributed by atoms with E-state index in [0.29, 0.717) is 17.8 Å². The number of carbonyl (C=O) groups is 1. The highest BCUT2D eigenvalue weighted by Crippen LogP contribution is 2.13. The molecule has 0 aliphatic rings. The lowest BCUT2D eigenvalue weighted by Gasteiger charge is -2.19. The molecule has 0 unspecified atom stereocenters. The Morgan fingerprint density at radius 2 is 1.66 bits per heavy atom. The Balaban J connectivity index is 0.00000512. The summed E-state index contributed by atoms with van der Waals surface area (Å²) in [5.41, 5.74) is 3.00. The van der Waals surface area contributed by atoms with Gasteiger partial charge in [-0.05, 0) is 69.5 Å². The van der Waals surface area contributed by atoms with Crippen LogP contribution in [0.5, 0.6) is 0 Å². The largest absolute Gasteiger partial charge is 0.444 e. The van der Waals surface area contributed by atoms with Crippen LogP contribution in [0.4, 0.5) is 10.5 Å². The minimum Gasteiger partial charge on any atom is -0.444 e. The number of hydrogen-bond acceptors (Lipinski definition) is 4. The second-order valence-electron chi connectivity index (χ2n) is 8.00. The van der Waals surface area contributed by atoms with Crippen LogP contribution in [0.3, 0.4) is 0 Å². The van der Waals surface area contributed by atoms with Crippen LogP contribution < -0.4 is 16.0 Å². The summed E-state index contributed by atoms with van der Waals surface area (Å²) < 4.78 is 5.26. The van der Waals surface area contributed by atoms with Gasteiger partial charge < -0.3 is 15.4 Å². The molecule has 3 N–H and O–H groups in total. The predicted octanol–water partition coefficient (Wildman–Crippen LogP) is 4.82. The number of aliphatic imine (C=N–C) groups is 1. The van der Waals surface area contributed by atoms with Crippen molar-refractivity contribution >= 4 is 41.7 Å². The molecule has 0 heterocycles. The zero-order valence-electron chi connectivity index (χ0n) is 19.1. The molecule has 0 bridgehead atoms. The summed E-state index contributed by atoms with van der Waals surface area (Å²) in [6, 6.07) is 17.2. The second-order valence-corrected chi connectivity index (χ2v) is 8.00. The van der Waals surface area contributed by atoms with Crippen molar-refractivity contribution in [1.82, 2.24) is 10.6 Å². The molecule has 0 fully saturated rings. The molecule has 7 nitrogen and oxygen atoms in total. The molecule has 172 valence electrons. The van der Waals surface area contributed by atoms with E-state index in [-0.39, 0.29) is 24.0 Å². The fraction of sp³-hybridized carbons (Fsp3) is 0.375. The van der Waals surface area contributed by atoms with Gasteiger partial charge >= 0.3 is 6.09 Å². The first-order chi connectivity index (χ1) is 14.8. The molecule has 0 atom stereocenters. The standard InChI is InChI=1S/C24H31N5O2.HI/c1-5-26-22(28-17-20-8-6-19(16-25)7-9-20)27-15-14-18-10-12-21(13-11-18)29-23(30)31-24(2,3)4;/h6-13H,5,14-15,17H2,1-4H3,(H,29,30)(H2,26,27,28);1H. The van der Waals surface area contributed by atoms with E-state index in [1.807, 2.05) is 64.1 Å². The van der Waals surface area contributed by atoms with E-state index in [1.54, 1.807) is 12.1 Å². The minimum absolute atomic E-state index is 0. The maximum atomic E-state index is 11.8. The smallest absolute Gasteiger partial charge is 0.412 e. The van der Waals surface area contributed by atoms with Crippen LogP contribution in [-0.4, -0.2) is 30.7 Å². The highest BCUT2D eigenvalue weighted by Gasteiger charge is 2.16. The first-order valence-corrected chi connectivity index (χ1v) is 10.4. The number of amides is 1. The van der Waals surface area contributed by atoms with Gasteiger partial charge in [0.05, 0.1) is 18.2 Å². The van der Waals surface area contributed by atoms with Gasteiger partial charge in [-0.3, -0.25) is 5.32 Å². The summed E-state index contributed by atoms with van der Waals surface area (Å²) in [5.74, 6) is 0.745. The molecule has 32 heavy (non-hydrogen) atoms.